The van der Waals surface area contributed by atoms with Crippen LogP contribution in [0.2, 0.25) is 0 Å². The predicted octanol–water partition coefficient (Wildman–Crippen LogP) is 6.70. The first kappa shape index (κ1) is 24.6. The van der Waals surface area contributed by atoms with E-state index in [0.29, 0.717) is 18.9 Å². The van der Waals surface area contributed by atoms with Crippen molar-refractivity contribution >= 4 is 5.84 Å². The number of nitrogens with zero attached hydrogens (tertiary/aromatic N) is 2. The fraction of sp³-hybridized carbons (Fsp3) is 0.957. The summed E-state index contributed by atoms with van der Waals surface area (Å²) in [4.78, 5) is 4.33. The Labute approximate surface area is 168 Å². The van der Waals surface area contributed by atoms with Crippen LogP contribution in [0, 0.1) is 5.21 Å². The smallest absolute Gasteiger partial charge is 0.200 e. The van der Waals surface area contributed by atoms with E-state index in [1.165, 1.54) is 96.3 Å². The van der Waals surface area contributed by atoms with Gasteiger partial charge in [0.15, 0.2) is 6.23 Å². The molecule has 0 aliphatic carbocycles. The second-order valence-corrected chi connectivity index (χ2v) is 8.50. The Morgan fingerprint density at radius 2 is 1.22 bits per heavy atom. The summed E-state index contributed by atoms with van der Waals surface area (Å²) in [5, 5.41) is 22.2. The van der Waals surface area contributed by atoms with E-state index >= 15 is 0 Å². The van der Waals surface area contributed by atoms with Crippen LogP contribution in [-0.2, 0) is 0 Å². The highest BCUT2D eigenvalue weighted by atomic mass is 16.6. The summed E-state index contributed by atoms with van der Waals surface area (Å²) < 4.78 is -0.598. The lowest BCUT2D eigenvalue weighted by atomic mass is 10.0. The van der Waals surface area contributed by atoms with Gasteiger partial charge >= 0.3 is 0 Å². The van der Waals surface area contributed by atoms with Crippen LogP contribution in [0.5, 0.6) is 0 Å². The fourth-order valence-corrected chi connectivity index (χ4v) is 4.08. The fourth-order valence-electron chi connectivity index (χ4n) is 4.08. The van der Waals surface area contributed by atoms with Crippen molar-refractivity contribution in [3.05, 3.63) is 5.21 Å². The lowest BCUT2D eigenvalue weighted by Crippen LogP contribution is -2.51. The minimum atomic E-state index is -0.882. The highest BCUT2D eigenvalue weighted by molar-refractivity contribution is 5.77. The van der Waals surface area contributed by atoms with Gasteiger partial charge in [-0.2, -0.15) is 0 Å². The molecular formula is C23H46N2O2. The maximum absolute atomic E-state index is 12.5. The van der Waals surface area contributed by atoms with Crippen molar-refractivity contribution in [2.75, 3.05) is 13.1 Å². The van der Waals surface area contributed by atoms with E-state index in [2.05, 4.69) is 11.9 Å². The van der Waals surface area contributed by atoms with Crippen molar-refractivity contribution in [1.82, 2.24) is 0 Å². The molecule has 0 bridgehead atoms. The van der Waals surface area contributed by atoms with Gasteiger partial charge in [0, 0.05) is 13.3 Å². The number of rotatable bonds is 18. The molecule has 4 nitrogen and oxygen atoms in total. The van der Waals surface area contributed by atoms with E-state index in [1.54, 1.807) is 6.92 Å². The zero-order valence-corrected chi connectivity index (χ0v) is 18.3. The predicted molar refractivity (Wildman–Crippen MR) is 117 cm³/mol. The quantitative estimate of drug-likeness (QED) is 0.163. The maximum atomic E-state index is 12.5. The van der Waals surface area contributed by atoms with Crippen LogP contribution in [0.3, 0.4) is 0 Å². The Hall–Kier alpha value is -0.450. The van der Waals surface area contributed by atoms with Gasteiger partial charge in [0.05, 0.1) is 6.54 Å². The van der Waals surface area contributed by atoms with E-state index in [4.69, 9.17) is 0 Å². The molecule has 0 radical (unpaired) electrons. The number of hydroxylamine groups is 3. The third kappa shape index (κ3) is 10.6. The molecule has 0 fully saturated rings. The highest BCUT2D eigenvalue weighted by Crippen LogP contribution is 2.21. The largest absolute Gasteiger partial charge is 0.624 e. The van der Waals surface area contributed by atoms with Crippen LogP contribution in [-0.4, -0.2) is 34.9 Å². The van der Waals surface area contributed by atoms with Gasteiger partial charge in [0.2, 0.25) is 5.84 Å². The van der Waals surface area contributed by atoms with E-state index in [1.807, 2.05) is 0 Å². The molecule has 1 N–H and O–H groups in total. The molecule has 1 aliphatic rings. The van der Waals surface area contributed by atoms with Crippen LogP contribution in [0.1, 0.15) is 123 Å². The lowest BCUT2D eigenvalue weighted by Gasteiger charge is -2.41. The van der Waals surface area contributed by atoms with Crippen molar-refractivity contribution in [2.45, 2.75) is 129 Å². The molecule has 0 aromatic heterocycles. The molecule has 2 atom stereocenters. The molecule has 4 heteroatoms. The van der Waals surface area contributed by atoms with E-state index in [0.717, 1.165) is 12.8 Å². The minimum absolute atomic E-state index is 0.409. The first-order chi connectivity index (χ1) is 13.1. The molecule has 1 aliphatic heterocycles. The van der Waals surface area contributed by atoms with Gasteiger partial charge in [-0.1, -0.05) is 103 Å². The summed E-state index contributed by atoms with van der Waals surface area (Å²) in [5.74, 6) is 0.662. The van der Waals surface area contributed by atoms with Crippen molar-refractivity contribution < 1.29 is 9.75 Å². The monoisotopic (exact) mass is 382 g/mol. The number of unbranched alkanes of at least 4 members (excludes halogenated alkanes) is 15. The van der Waals surface area contributed by atoms with Gasteiger partial charge in [-0.15, -0.1) is 0 Å². The Morgan fingerprint density at radius 3 is 1.63 bits per heavy atom. The zero-order valence-electron chi connectivity index (χ0n) is 18.3. The summed E-state index contributed by atoms with van der Waals surface area (Å²) >= 11 is 0. The summed E-state index contributed by atoms with van der Waals surface area (Å²) in [6, 6.07) is 0. The minimum Gasteiger partial charge on any atom is -0.624 e. The standard InChI is InChI=1S/C23H46N2O2/c1-3-4-5-6-7-8-9-10-11-12-13-14-15-16-17-18-19-23-24-20-21-25(23,27)22(2)26/h22,26H,3-21H2,1-2H3. The number of hydrogen-bond donors (Lipinski definition) is 1. The molecule has 0 spiro atoms. The van der Waals surface area contributed by atoms with E-state index in [-0.39, 0.29) is 0 Å². The van der Waals surface area contributed by atoms with Crippen LogP contribution >= 0.6 is 0 Å². The average Bonchev–Trinajstić information content (AvgIpc) is 3.03. The number of aliphatic imine (C=N–C) groups is 1. The maximum Gasteiger partial charge on any atom is 0.200 e. The van der Waals surface area contributed by atoms with Crippen LogP contribution in [0.25, 0.3) is 0 Å². The Morgan fingerprint density at radius 1 is 0.815 bits per heavy atom. The molecule has 0 aromatic rings. The Balaban J connectivity index is 1.82. The number of amidine groups is 1. The molecule has 2 unspecified atom stereocenters. The molecule has 0 aromatic carbocycles. The SMILES string of the molecule is CCCCCCCCCCCCCCCCCCC1=NCC[N+]1([O-])C(C)O. The van der Waals surface area contributed by atoms with Crippen LogP contribution < -0.4 is 0 Å². The van der Waals surface area contributed by atoms with E-state index in [9.17, 15) is 10.3 Å². The molecule has 160 valence electrons. The summed E-state index contributed by atoms with van der Waals surface area (Å²) in [5.41, 5.74) is 0. The average molecular weight is 383 g/mol. The van der Waals surface area contributed by atoms with Crippen molar-refractivity contribution in [3.63, 3.8) is 0 Å². The third-order valence-electron chi connectivity index (χ3n) is 6.02. The molecule has 1 rings (SSSR count). The van der Waals surface area contributed by atoms with Gasteiger partial charge in [-0.25, -0.2) is 4.99 Å². The van der Waals surface area contributed by atoms with Crippen LogP contribution in [0.15, 0.2) is 4.99 Å². The second-order valence-electron chi connectivity index (χ2n) is 8.50. The Bertz CT molecular complexity index is 385. The van der Waals surface area contributed by atoms with Gasteiger partial charge in [-0.05, 0) is 6.42 Å². The molecule has 27 heavy (non-hydrogen) atoms. The normalized spacial score (nSPS) is 20.8. The van der Waals surface area contributed by atoms with Crippen molar-refractivity contribution in [1.29, 1.82) is 0 Å². The summed E-state index contributed by atoms with van der Waals surface area (Å²) in [6.45, 7) is 4.84. The Kier molecular flexibility index (Phi) is 14.1. The number of aliphatic hydroxyl groups excluding tert-OH is 1. The van der Waals surface area contributed by atoms with Gasteiger partial charge < -0.3 is 10.3 Å². The molecule has 0 saturated heterocycles. The zero-order chi connectivity index (χ0) is 19.8. The summed E-state index contributed by atoms with van der Waals surface area (Å²) in [6.07, 6.45) is 21.6. The van der Waals surface area contributed by atoms with Gasteiger partial charge in [-0.3, -0.25) is 4.65 Å². The topological polar surface area (TPSA) is 55.7 Å². The van der Waals surface area contributed by atoms with Crippen LogP contribution in [0.4, 0.5) is 0 Å². The first-order valence-corrected chi connectivity index (χ1v) is 11.9. The number of hydrogen-bond acceptors (Lipinski definition) is 3. The first-order valence-electron chi connectivity index (χ1n) is 11.9. The molecule has 1 heterocycles. The van der Waals surface area contributed by atoms with Crippen molar-refractivity contribution in [2.24, 2.45) is 4.99 Å². The van der Waals surface area contributed by atoms with E-state index < -0.39 is 10.9 Å². The van der Waals surface area contributed by atoms with Gasteiger partial charge in [0.1, 0.15) is 6.54 Å². The molecule has 0 amide bonds. The summed E-state index contributed by atoms with van der Waals surface area (Å²) in [7, 11) is 0. The van der Waals surface area contributed by atoms with Gasteiger partial charge in [0.25, 0.3) is 0 Å². The molecule has 0 saturated carbocycles. The number of aliphatic hydroxyl groups is 1. The third-order valence-corrected chi connectivity index (χ3v) is 6.02. The highest BCUT2D eigenvalue weighted by Gasteiger charge is 2.33. The second kappa shape index (κ2) is 15.5. The lowest BCUT2D eigenvalue weighted by molar-refractivity contribution is -0.836. The number of quaternary nitrogens is 1. The molecular weight excluding hydrogens is 336 g/mol. The van der Waals surface area contributed by atoms with Crippen molar-refractivity contribution in [3.8, 4) is 0 Å².